The van der Waals surface area contributed by atoms with E-state index in [1.807, 2.05) is 6.92 Å². The van der Waals surface area contributed by atoms with Crippen LogP contribution in [0.3, 0.4) is 0 Å². The molecular weight excluding hydrogens is 328 g/mol. The fraction of sp³-hybridized carbons (Fsp3) is 0.529. The number of ether oxygens (including phenoxy) is 1. The molecule has 24 heavy (non-hydrogen) atoms. The lowest BCUT2D eigenvalue weighted by atomic mass is 10.2. The number of piperazine rings is 1. The average Bonchev–Trinajstić information content (AvgIpc) is 2.52. The molecular formula is C17H26N2O4S. The van der Waals surface area contributed by atoms with Crippen molar-refractivity contribution < 1.29 is 18.3 Å². The summed E-state index contributed by atoms with van der Waals surface area (Å²) >= 11 is 0. The zero-order chi connectivity index (χ0) is 17.7. The van der Waals surface area contributed by atoms with Crippen LogP contribution in [0.15, 0.2) is 29.7 Å². The first-order chi connectivity index (χ1) is 11.4. The van der Waals surface area contributed by atoms with Gasteiger partial charge in [0.05, 0.1) is 12.4 Å². The third-order valence-electron chi connectivity index (χ3n) is 4.00. The van der Waals surface area contributed by atoms with Crippen LogP contribution in [0.25, 0.3) is 0 Å². The minimum Gasteiger partial charge on any atom is -0.506 e. The summed E-state index contributed by atoms with van der Waals surface area (Å²) in [6.45, 7) is 9.29. The molecule has 1 aromatic rings. The SMILES string of the molecule is C=CCS(=O)(=O)c1c(O)cc(N2CCN(C)CC2)cc1OCCC. The molecule has 0 aromatic heterocycles. The summed E-state index contributed by atoms with van der Waals surface area (Å²) in [5.74, 6) is -0.288. The first-order valence-corrected chi connectivity index (χ1v) is 9.81. The van der Waals surface area contributed by atoms with Crippen molar-refractivity contribution in [2.75, 3.05) is 50.5 Å². The predicted octanol–water partition coefficient (Wildman–Crippen LogP) is 1.89. The number of rotatable bonds is 7. The minimum atomic E-state index is -3.68. The van der Waals surface area contributed by atoms with Gasteiger partial charge in [0.25, 0.3) is 0 Å². The molecule has 1 aliphatic rings. The topological polar surface area (TPSA) is 70.1 Å². The van der Waals surface area contributed by atoms with Crippen molar-refractivity contribution in [3.8, 4) is 11.5 Å². The maximum atomic E-state index is 12.4. The molecule has 0 bridgehead atoms. The van der Waals surface area contributed by atoms with Gasteiger partial charge in [-0.3, -0.25) is 0 Å². The highest BCUT2D eigenvalue weighted by Gasteiger charge is 2.26. The Morgan fingerprint density at radius 2 is 1.96 bits per heavy atom. The Kier molecular flexibility index (Phi) is 6.12. The number of nitrogens with zero attached hydrogens (tertiary/aromatic N) is 2. The maximum Gasteiger partial charge on any atom is 0.189 e. The third-order valence-corrected chi connectivity index (χ3v) is 5.71. The molecule has 0 atom stereocenters. The lowest BCUT2D eigenvalue weighted by Crippen LogP contribution is -2.44. The highest BCUT2D eigenvalue weighted by atomic mass is 32.2. The first-order valence-electron chi connectivity index (χ1n) is 8.16. The molecule has 0 radical (unpaired) electrons. The maximum absolute atomic E-state index is 12.4. The summed E-state index contributed by atoms with van der Waals surface area (Å²) in [6.07, 6.45) is 2.06. The average molecular weight is 354 g/mol. The van der Waals surface area contributed by atoms with Crippen LogP contribution in [0.2, 0.25) is 0 Å². The van der Waals surface area contributed by atoms with E-state index in [0.29, 0.717) is 6.61 Å². The molecule has 134 valence electrons. The van der Waals surface area contributed by atoms with Crippen LogP contribution in [0.1, 0.15) is 13.3 Å². The molecule has 0 saturated carbocycles. The fourth-order valence-electron chi connectivity index (χ4n) is 2.69. The van der Waals surface area contributed by atoms with E-state index in [9.17, 15) is 13.5 Å². The van der Waals surface area contributed by atoms with E-state index >= 15 is 0 Å². The molecule has 1 saturated heterocycles. The Labute approximate surface area is 144 Å². The van der Waals surface area contributed by atoms with Gasteiger partial charge in [-0.25, -0.2) is 8.42 Å². The van der Waals surface area contributed by atoms with E-state index in [1.165, 1.54) is 12.1 Å². The zero-order valence-electron chi connectivity index (χ0n) is 14.4. The van der Waals surface area contributed by atoms with E-state index in [-0.39, 0.29) is 22.1 Å². The molecule has 1 heterocycles. The molecule has 6 nitrogen and oxygen atoms in total. The van der Waals surface area contributed by atoms with Crippen LogP contribution in [-0.2, 0) is 9.84 Å². The summed E-state index contributed by atoms with van der Waals surface area (Å²) in [6, 6.07) is 3.23. The summed E-state index contributed by atoms with van der Waals surface area (Å²) in [4.78, 5) is 4.21. The lowest BCUT2D eigenvalue weighted by molar-refractivity contribution is 0.302. The van der Waals surface area contributed by atoms with Crippen LogP contribution in [-0.4, -0.2) is 64.0 Å². The van der Waals surface area contributed by atoms with Crippen molar-refractivity contribution in [1.82, 2.24) is 4.90 Å². The second kappa shape index (κ2) is 7.90. The van der Waals surface area contributed by atoms with Crippen molar-refractivity contribution in [3.63, 3.8) is 0 Å². The Balaban J connectivity index is 2.43. The quantitative estimate of drug-likeness (QED) is 0.754. The van der Waals surface area contributed by atoms with Gasteiger partial charge >= 0.3 is 0 Å². The van der Waals surface area contributed by atoms with Gasteiger partial charge in [0.15, 0.2) is 14.7 Å². The molecule has 0 amide bonds. The van der Waals surface area contributed by atoms with Crippen LogP contribution >= 0.6 is 0 Å². The molecule has 0 unspecified atom stereocenters. The van der Waals surface area contributed by atoms with Gasteiger partial charge in [0.2, 0.25) is 0 Å². The zero-order valence-corrected chi connectivity index (χ0v) is 15.2. The molecule has 7 heteroatoms. The fourth-order valence-corrected chi connectivity index (χ4v) is 3.97. The molecule has 1 fully saturated rings. The first kappa shape index (κ1) is 18.6. The number of phenolic OH excluding ortho intramolecular Hbond substituents is 1. The van der Waals surface area contributed by atoms with Gasteiger partial charge in [-0.05, 0) is 13.5 Å². The van der Waals surface area contributed by atoms with Crippen LogP contribution in [0.4, 0.5) is 5.69 Å². The minimum absolute atomic E-state index is 0.145. The van der Waals surface area contributed by atoms with Gasteiger partial charge in [-0.2, -0.15) is 0 Å². The highest BCUT2D eigenvalue weighted by molar-refractivity contribution is 7.91. The molecule has 1 N–H and O–H groups in total. The number of hydrogen-bond acceptors (Lipinski definition) is 6. The largest absolute Gasteiger partial charge is 0.506 e. The number of hydrogen-bond donors (Lipinski definition) is 1. The molecule has 0 spiro atoms. The number of aromatic hydroxyl groups is 1. The third kappa shape index (κ3) is 4.21. The van der Waals surface area contributed by atoms with Crippen LogP contribution in [0, 0.1) is 0 Å². The van der Waals surface area contributed by atoms with E-state index in [2.05, 4.69) is 23.4 Å². The number of anilines is 1. The lowest BCUT2D eigenvalue weighted by Gasteiger charge is -2.34. The summed E-state index contributed by atoms with van der Waals surface area (Å²) < 4.78 is 30.5. The van der Waals surface area contributed by atoms with Crippen LogP contribution in [0.5, 0.6) is 11.5 Å². The van der Waals surface area contributed by atoms with Crippen LogP contribution < -0.4 is 9.64 Å². The number of sulfone groups is 1. The highest BCUT2D eigenvalue weighted by Crippen LogP contribution is 2.38. The Bertz CT molecular complexity index is 680. The van der Waals surface area contributed by atoms with Crippen molar-refractivity contribution in [2.24, 2.45) is 0 Å². The summed E-state index contributed by atoms with van der Waals surface area (Å²) in [5.41, 5.74) is 0.782. The second-order valence-electron chi connectivity index (χ2n) is 6.00. The predicted molar refractivity (Wildman–Crippen MR) is 95.9 cm³/mol. The van der Waals surface area contributed by atoms with E-state index in [4.69, 9.17) is 4.74 Å². The molecule has 2 rings (SSSR count). The van der Waals surface area contributed by atoms with Gasteiger partial charge in [-0.1, -0.05) is 13.0 Å². The van der Waals surface area contributed by atoms with Gasteiger partial charge in [0.1, 0.15) is 11.5 Å². The monoisotopic (exact) mass is 354 g/mol. The van der Waals surface area contributed by atoms with Gasteiger partial charge < -0.3 is 19.6 Å². The number of likely N-dealkylation sites (N-methyl/N-ethyl adjacent to an activating group) is 1. The van der Waals surface area contributed by atoms with E-state index in [0.717, 1.165) is 38.3 Å². The van der Waals surface area contributed by atoms with E-state index < -0.39 is 9.84 Å². The second-order valence-corrected chi connectivity index (χ2v) is 7.97. The summed E-state index contributed by atoms with van der Waals surface area (Å²) in [7, 11) is -1.61. The van der Waals surface area contributed by atoms with Crippen molar-refractivity contribution in [1.29, 1.82) is 0 Å². The van der Waals surface area contributed by atoms with Crippen molar-refractivity contribution >= 4 is 15.5 Å². The number of phenols is 1. The van der Waals surface area contributed by atoms with Crippen molar-refractivity contribution in [2.45, 2.75) is 18.2 Å². The normalized spacial score (nSPS) is 16.2. The molecule has 0 aliphatic carbocycles. The Morgan fingerprint density at radius 3 is 2.54 bits per heavy atom. The van der Waals surface area contributed by atoms with Crippen molar-refractivity contribution in [3.05, 3.63) is 24.8 Å². The smallest absolute Gasteiger partial charge is 0.189 e. The summed E-state index contributed by atoms with van der Waals surface area (Å²) in [5, 5.41) is 10.4. The number of benzene rings is 1. The molecule has 1 aliphatic heterocycles. The van der Waals surface area contributed by atoms with Gasteiger partial charge in [-0.15, -0.1) is 6.58 Å². The van der Waals surface area contributed by atoms with Gasteiger partial charge in [0, 0.05) is 44.0 Å². The molecule has 1 aromatic carbocycles. The van der Waals surface area contributed by atoms with E-state index in [1.54, 1.807) is 6.07 Å². The Hall–Kier alpha value is -1.73. The Morgan fingerprint density at radius 1 is 1.29 bits per heavy atom. The standard InChI is InChI=1S/C17H26N2O4S/c1-4-10-23-16-13-14(19-8-6-18(3)7-9-19)12-15(20)17(16)24(21,22)11-5-2/h5,12-13,20H,2,4,6-11H2,1,3H3.